The highest BCUT2D eigenvalue weighted by molar-refractivity contribution is 5.38. The van der Waals surface area contributed by atoms with E-state index in [-0.39, 0.29) is 0 Å². The van der Waals surface area contributed by atoms with Gasteiger partial charge in [0.05, 0.1) is 6.20 Å². The SMILES string of the molecule is Cn1cc(CNc2ccc(N)nn2)cn1. The predicted octanol–water partition coefficient (Wildman–Crippen LogP) is 0.404. The molecule has 0 aliphatic heterocycles. The number of aryl methyl sites for hydroxylation is 1. The van der Waals surface area contributed by atoms with E-state index in [1.165, 1.54) is 0 Å². The fraction of sp³-hybridized carbons (Fsp3) is 0.222. The summed E-state index contributed by atoms with van der Waals surface area (Å²) < 4.78 is 1.76. The van der Waals surface area contributed by atoms with Crippen molar-refractivity contribution in [3.63, 3.8) is 0 Å². The molecule has 0 spiro atoms. The van der Waals surface area contributed by atoms with Crippen molar-refractivity contribution in [2.75, 3.05) is 11.1 Å². The van der Waals surface area contributed by atoms with Crippen LogP contribution in [0.4, 0.5) is 11.6 Å². The summed E-state index contributed by atoms with van der Waals surface area (Å²) in [6, 6.07) is 3.50. The summed E-state index contributed by atoms with van der Waals surface area (Å²) in [6.07, 6.45) is 3.75. The number of nitrogen functional groups attached to an aromatic ring is 1. The van der Waals surface area contributed by atoms with Crippen molar-refractivity contribution in [2.45, 2.75) is 6.54 Å². The highest BCUT2D eigenvalue weighted by Crippen LogP contribution is 2.05. The molecule has 0 saturated carbocycles. The molecule has 2 aromatic rings. The third kappa shape index (κ3) is 2.43. The maximum Gasteiger partial charge on any atom is 0.149 e. The number of nitrogens with two attached hydrogens (primary N) is 1. The van der Waals surface area contributed by atoms with E-state index in [2.05, 4.69) is 20.6 Å². The summed E-state index contributed by atoms with van der Waals surface area (Å²) in [4.78, 5) is 0. The molecule has 0 unspecified atom stereocenters. The van der Waals surface area contributed by atoms with E-state index in [1.54, 1.807) is 23.0 Å². The molecule has 6 heteroatoms. The number of nitrogens with zero attached hydrogens (tertiary/aromatic N) is 4. The molecule has 0 aliphatic rings. The Balaban J connectivity index is 1.96. The molecule has 0 fully saturated rings. The largest absolute Gasteiger partial charge is 0.382 e. The van der Waals surface area contributed by atoms with Crippen LogP contribution in [0.25, 0.3) is 0 Å². The Morgan fingerprint density at radius 1 is 1.40 bits per heavy atom. The number of hydrogen-bond acceptors (Lipinski definition) is 5. The van der Waals surface area contributed by atoms with E-state index < -0.39 is 0 Å². The van der Waals surface area contributed by atoms with Crippen LogP contribution in [0.2, 0.25) is 0 Å². The summed E-state index contributed by atoms with van der Waals surface area (Å²) in [6.45, 7) is 0.673. The van der Waals surface area contributed by atoms with Gasteiger partial charge in [-0.2, -0.15) is 5.10 Å². The van der Waals surface area contributed by atoms with Gasteiger partial charge in [-0.15, -0.1) is 10.2 Å². The van der Waals surface area contributed by atoms with E-state index in [0.717, 1.165) is 5.56 Å². The highest BCUT2D eigenvalue weighted by atomic mass is 15.2. The number of hydrogen-bond donors (Lipinski definition) is 2. The van der Waals surface area contributed by atoms with Gasteiger partial charge in [0.1, 0.15) is 11.6 Å². The molecule has 2 aromatic heterocycles. The maximum absolute atomic E-state index is 5.42. The summed E-state index contributed by atoms with van der Waals surface area (Å²) in [5.74, 6) is 1.12. The van der Waals surface area contributed by atoms with Gasteiger partial charge in [-0.05, 0) is 12.1 Å². The average Bonchev–Trinajstić information content (AvgIpc) is 2.64. The van der Waals surface area contributed by atoms with Crippen molar-refractivity contribution in [3.8, 4) is 0 Å². The molecule has 0 aromatic carbocycles. The lowest BCUT2D eigenvalue weighted by Crippen LogP contribution is -2.02. The molecule has 0 saturated heterocycles. The molecule has 15 heavy (non-hydrogen) atoms. The normalized spacial score (nSPS) is 10.2. The van der Waals surface area contributed by atoms with Crippen LogP contribution in [0.5, 0.6) is 0 Å². The molecule has 78 valence electrons. The smallest absolute Gasteiger partial charge is 0.149 e. The second-order valence-corrected chi connectivity index (χ2v) is 3.22. The van der Waals surface area contributed by atoms with Crippen molar-refractivity contribution in [3.05, 3.63) is 30.1 Å². The van der Waals surface area contributed by atoms with Gasteiger partial charge in [0.25, 0.3) is 0 Å². The van der Waals surface area contributed by atoms with Crippen molar-refractivity contribution in [1.29, 1.82) is 0 Å². The first-order chi connectivity index (χ1) is 7.24. The first kappa shape index (κ1) is 9.45. The zero-order valence-electron chi connectivity index (χ0n) is 8.38. The van der Waals surface area contributed by atoms with Crippen LogP contribution in [0.1, 0.15) is 5.56 Å². The molecule has 3 N–H and O–H groups in total. The van der Waals surface area contributed by atoms with Gasteiger partial charge in [0.2, 0.25) is 0 Å². The molecule has 0 aliphatic carbocycles. The standard InChI is InChI=1S/C9H12N6/c1-15-6-7(5-12-15)4-11-9-3-2-8(10)13-14-9/h2-3,5-6H,4H2,1H3,(H2,10,13)(H,11,14). The summed E-state index contributed by atoms with van der Waals surface area (Å²) in [7, 11) is 1.88. The maximum atomic E-state index is 5.42. The monoisotopic (exact) mass is 204 g/mol. The van der Waals surface area contributed by atoms with Crippen molar-refractivity contribution in [1.82, 2.24) is 20.0 Å². The lowest BCUT2D eigenvalue weighted by atomic mass is 10.3. The topological polar surface area (TPSA) is 81.7 Å². The van der Waals surface area contributed by atoms with Gasteiger partial charge in [0, 0.05) is 25.4 Å². The first-order valence-electron chi connectivity index (χ1n) is 4.54. The average molecular weight is 204 g/mol. The van der Waals surface area contributed by atoms with Crippen LogP contribution in [-0.2, 0) is 13.6 Å². The van der Waals surface area contributed by atoms with Crippen LogP contribution >= 0.6 is 0 Å². The molecular formula is C9H12N6. The van der Waals surface area contributed by atoms with Crippen LogP contribution in [0, 0.1) is 0 Å². The second-order valence-electron chi connectivity index (χ2n) is 3.22. The Kier molecular flexibility index (Phi) is 2.49. The minimum atomic E-state index is 0.418. The fourth-order valence-corrected chi connectivity index (χ4v) is 1.19. The van der Waals surface area contributed by atoms with Gasteiger partial charge in [-0.25, -0.2) is 0 Å². The Labute approximate surface area is 87.1 Å². The third-order valence-corrected chi connectivity index (χ3v) is 1.92. The molecule has 2 rings (SSSR count). The number of aromatic nitrogens is 4. The Hall–Kier alpha value is -2.11. The van der Waals surface area contributed by atoms with Crippen LogP contribution in [0.15, 0.2) is 24.5 Å². The fourth-order valence-electron chi connectivity index (χ4n) is 1.19. The number of rotatable bonds is 3. The van der Waals surface area contributed by atoms with Gasteiger partial charge in [-0.1, -0.05) is 0 Å². The first-order valence-corrected chi connectivity index (χ1v) is 4.54. The van der Waals surface area contributed by atoms with Crippen molar-refractivity contribution in [2.24, 2.45) is 7.05 Å². The van der Waals surface area contributed by atoms with Gasteiger partial charge >= 0.3 is 0 Å². The van der Waals surface area contributed by atoms with E-state index in [9.17, 15) is 0 Å². The zero-order valence-corrected chi connectivity index (χ0v) is 8.38. The third-order valence-electron chi connectivity index (χ3n) is 1.92. The summed E-state index contributed by atoms with van der Waals surface area (Å²) >= 11 is 0. The van der Waals surface area contributed by atoms with Gasteiger partial charge < -0.3 is 11.1 Å². The lowest BCUT2D eigenvalue weighted by molar-refractivity contribution is 0.767. The van der Waals surface area contributed by atoms with Crippen LogP contribution in [-0.4, -0.2) is 20.0 Å². The van der Waals surface area contributed by atoms with E-state index in [0.29, 0.717) is 18.2 Å². The molecular weight excluding hydrogens is 192 g/mol. The van der Waals surface area contributed by atoms with Gasteiger partial charge in [0.15, 0.2) is 0 Å². The van der Waals surface area contributed by atoms with E-state index in [1.807, 2.05) is 13.2 Å². The highest BCUT2D eigenvalue weighted by Gasteiger charge is 1.97. The van der Waals surface area contributed by atoms with E-state index in [4.69, 9.17) is 5.73 Å². The quantitative estimate of drug-likeness (QED) is 0.756. The molecule has 0 atom stereocenters. The van der Waals surface area contributed by atoms with Crippen molar-refractivity contribution >= 4 is 11.6 Å². The molecule has 0 radical (unpaired) electrons. The van der Waals surface area contributed by atoms with Crippen LogP contribution < -0.4 is 11.1 Å². The number of nitrogens with one attached hydrogen (secondary N) is 1. The molecule has 0 bridgehead atoms. The minimum absolute atomic E-state index is 0.418. The van der Waals surface area contributed by atoms with Crippen LogP contribution in [0.3, 0.4) is 0 Å². The van der Waals surface area contributed by atoms with Crippen molar-refractivity contribution < 1.29 is 0 Å². The van der Waals surface area contributed by atoms with Gasteiger partial charge in [-0.3, -0.25) is 4.68 Å². The Morgan fingerprint density at radius 2 is 2.27 bits per heavy atom. The molecule has 6 nitrogen and oxygen atoms in total. The second kappa shape index (κ2) is 3.95. The zero-order chi connectivity index (χ0) is 10.7. The number of anilines is 2. The lowest BCUT2D eigenvalue weighted by Gasteiger charge is -2.02. The minimum Gasteiger partial charge on any atom is -0.382 e. The predicted molar refractivity (Wildman–Crippen MR) is 57.0 cm³/mol. The summed E-state index contributed by atoms with van der Waals surface area (Å²) in [5, 5.41) is 14.8. The Morgan fingerprint density at radius 3 is 2.87 bits per heavy atom. The Bertz CT molecular complexity index is 432. The summed E-state index contributed by atoms with van der Waals surface area (Å²) in [5.41, 5.74) is 6.52. The molecule has 2 heterocycles. The van der Waals surface area contributed by atoms with E-state index >= 15 is 0 Å². The molecule has 0 amide bonds.